The van der Waals surface area contributed by atoms with Crippen LogP contribution in [0.5, 0.6) is 0 Å². The van der Waals surface area contributed by atoms with Crippen molar-refractivity contribution in [1.29, 1.82) is 0 Å². The minimum atomic E-state index is -5.35. The number of halogens is 9. The summed E-state index contributed by atoms with van der Waals surface area (Å²) in [5.74, 6) is 0. The summed E-state index contributed by atoms with van der Waals surface area (Å²) in [5.41, 5.74) is -6.27. The molecule has 35 heavy (non-hydrogen) atoms. The molecule has 26 heteroatoms. The average molecular weight is 551 g/mol. The second kappa shape index (κ2) is 20.4. The van der Waals surface area contributed by atoms with Crippen LogP contribution in [0.3, 0.4) is 0 Å². The molecule has 0 aliphatic carbocycles. The van der Waals surface area contributed by atoms with Crippen molar-refractivity contribution in [3.63, 3.8) is 0 Å². The molecule has 0 bridgehead atoms. The molecule has 1 rings (SSSR count). The molecule has 0 aliphatic rings. The van der Waals surface area contributed by atoms with Crippen molar-refractivity contribution in [2.24, 2.45) is 0 Å². The Hall–Kier alpha value is -0.630. The van der Waals surface area contributed by atoms with E-state index < -0.39 is 76.6 Å². The Balaban J connectivity index is -0.000000145. The summed E-state index contributed by atoms with van der Waals surface area (Å²) in [7, 11) is -8.67. The van der Waals surface area contributed by atoms with Crippen LogP contribution in [0.4, 0.5) is 39.5 Å². The van der Waals surface area contributed by atoms with Crippen LogP contribution in [0.25, 0.3) is 0 Å². The SMILES string of the molecule is FC(F)(F)c1[c-]c(C(F)(F)F)cc(C(F)(F)F)c1.OB(O)O.OB(O)O.OB(O)O.OB(O)O.[Na+]. The second-order valence-corrected chi connectivity index (χ2v) is 4.58. The average Bonchev–Trinajstić information content (AvgIpc) is 2.49. The molecule has 1 aromatic rings. The maximum Gasteiger partial charge on any atom is 1.00 e. The van der Waals surface area contributed by atoms with Gasteiger partial charge in [-0.05, 0) is 0 Å². The molecule has 12 N–H and O–H groups in total. The molecule has 1 aromatic carbocycles. The Morgan fingerprint density at radius 1 is 0.457 bits per heavy atom. The number of hydrogen-bond donors (Lipinski definition) is 12. The number of alkyl halides is 9. The predicted octanol–water partition coefficient (Wildman–Crippen LogP) is -6.66. The Labute approximate surface area is 212 Å². The van der Waals surface area contributed by atoms with E-state index in [0.717, 1.165) is 6.07 Å². The van der Waals surface area contributed by atoms with Crippen LogP contribution in [-0.2, 0) is 18.5 Å². The molecule has 0 spiro atoms. The van der Waals surface area contributed by atoms with Gasteiger partial charge in [-0.2, -0.15) is 45.6 Å². The van der Waals surface area contributed by atoms with Crippen LogP contribution >= 0.6 is 0 Å². The summed E-state index contributed by atoms with van der Waals surface area (Å²) in [6.07, 6.45) is -16.0. The topological polar surface area (TPSA) is 243 Å². The molecule has 0 heterocycles. The fourth-order valence-electron chi connectivity index (χ4n) is 1.04. The minimum Gasteiger partial charge on any atom is -0.402 e. The summed E-state index contributed by atoms with van der Waals surface area (Å²) in [6, 6.07) is 0.0440. The van der Waals surface area contributed by atoms with E-state index in [-0.39, 0.29) is 29.6 Å². The van der Waals surface area contributed by atoms with Crippen LogP contribution in [0.15, 0.2) is 12.1 Å². The zero-order valence-corrected chi connectivity index (χ0v) is 18.7. The van der Waals surface area contributed by atoms with Gasteiger partial charge in [0.25, 0.3) is 0 Å². The van der Waals surface area contributed by atoms with Gasteiger partial charge >= 0.3 is 77.4 Å². The molecule has 0 amide bonds. The summed E-state index contributed by atoms with van der Waals surface area (Å²) in [5, 5.41) is 86.0. The first-order valence-electron chi connectivity index (χ1n) is 7.20. The van der Waals surface area contributed by atoms with E-state index in [9.17, 15) is 39.5 Å². The van der Waals surface area contributed by atoms with Gasteiger partial charge in [-0.3, -0.25) is 0 Å². The van der Waals surface area contributed by atoms with Gasteiger partial charge < -0.3 is 60.3 Å². The zero-order chi connectivity index (χ0) is 28.7. The predicted molar refractivity (Wildman–Crippen MR) is 89.9 cm³/mol. The van der Waals surface area contributed by atoms with E-state index in [2.05, 4.69) is 0 Å². The summed E-state index contributed by atoms with van der Waals surface area (Å²) < 4.78 is 109. The summed E-state index contributed by atoms with van der Waals surface area (Å²) >= 11 is 0. The van der Waals surface area contributed by atoms with E-state index in [1.807, 2.05) is 0 Å². The first-order chi connectivity index (χ1) is 14.7. The van der Waals surface area contributed by atoms with Gasteiger partial charge in [-0.25, -0.2) is 0 Å². The zero-order valence-electron chi connectivity index (χ0n) is 16.7. The summed E-state index contributed by atoms with van der Waals surface area (Å²) in [4.78, 5) is 0. The van der Waals surface area contributed by atoms with Crippen LogP contribution < -0.4 is 29.6 Å². The first kappa shape index (κ1) is 44.4. The van der Waals surface area contributed by atoms with Crippen molar-refractivity contribution < 1.29 is 129 Å². The van der Waals surface area contributed by atoms with Gasteiger partial charge in [-0.15, -0.1) is 12.1 Å². The van der Waals surface area contributed by atoms with Gasteiger partial charge in [0.2, 0.25) is 0 Å². The molecule has 0 aliphatic heterocycles. The molecule has 0 saturated heterocycles. The molecule has 0 fully saturated rings. The fourth-order valence-corrected chi connectivity index (χ4v) is 1.04. The van der Waals surface area contributed by atoms with Gasteiger partial charge in [0.1, 0.15) is 0 Å². The van der Waals surface area contributed by atoms with E-state index in [4.69, 9.17) is 60.3 Å². The monoisotopic (exact) mass is 552 g/mol. The Morgan fingerprint density at radius 2 is 0.629 bits per heavy atom. The quantitative estimate of drug-likeness (QED) is 0.0818. The van der Waals surface area contributed by atoms with Crippen LogP contribution in [-0.4, -0.2) is 89.6 Å². The Morgan fingerprint density at radius 3 is 0.743 bits per heavy atom. The van der Waals surface area contributed by atoms with E-state index >= 15 is 0 Å². The molecule has 198 valence electrons. The van der Waals surface area contributed by atoms with E-state index in [1.54, 1.807) is 0 Å². The standard InChI is InChI=1S/C9H2F9.4BH3O3.Na/c10-7(11,12)4-1-5(8(13,14)15)3-6(2-4)9(16,17)18;4*2-1(3)4;/h1-2H;4*2-4H;/q-1;;;;;+1. The summed E-state index contributed by atoms with van der Waals surface area (Å²) in [6.45, 7) is 0. The Bertz CT molecular complexity index is 535. The molecule has 0 aromatic heterocycles. The van der Waals surface area contributed by atoms with Crippen LogP contribution in [0, 0.1) is 6.07 Å². The largest absolute Gasteiger partial charge is 1.00 e. The molecular weight excluding hydrogens is 537 g/mol. The number of rotatable bonds is 0. The van der Waals surface area contributed by atoms with Gasteiger partial charge in [0.15, 0.2) is 0 Å². The van der Waals surface area contributed by atoms with Crippen molar-refractivity contribution in [3.05, 3.63) is 34.9 Å². The molecule has 0 unspecified atom stereocenters. The third-order valence-electron chi connectivity index (χ3n) is 1.81. The van der Waals surface area contributed by atoms with Crippen LogP contribution in [0.1, 0.15) is 16.7 Å². The van der Waals surface area contributed by atoms with E-state index in [1.165, 1.54) is 0 Å². The van der Waals surface area contributed by atoms with Crippen molar-refractivity contribution in [1.82, 2.24) is 0 Å². The number of hydrogen-bond acceptors (Lipinski definition) is 12. The Kier molecular flexibility index (Phi) is 25.9. The number of benzene rings is 1. The molecule has 0 atom stereocenters. The molecule has 12 nitrogen and oxygen atoms in total. The van der Waals surface area contributed by atoms with Crippen molar-refractivity contribution in [2.45, 2.75) is 18.5 Å². The van der Waals surface area contributed by atoms with Crippen molar-refractivity contribution in [3.8, 4) is 0 Å². The second-order valence-electron chi connectivity index (χ2n) is 4.58. The maximum absolute atomic E-state index is 12.2. The minimum absolute atomic E-state index is 0. The molecular formula is C9H14B4F9NaO12. The van der Waals surface area contributed by atoms with Crippen molar-refractivity contribution in [2.75, 3.05) is 0 Å². The molecule has 0 saturated carbocycles. The van der Waals surface area contributed by atoms with Crippen LogP contribution in [0.2, 0.25) is 0 Å². The normalized spacial score (nSPS) is 10.2. The third-order valence-corrected chi connectivity index (χ3v) is 1.81. The van der Waals surface area contributed by atoms with Gasteiger partial charge in [0.05, 0.1) is 0 Å². The third kappa shape index (κ3) is 38.1. The van der Waals surface area contributed by atoms with E-state index in [0.29, 0.717) is 0 Å². The fraction of sp³-hybridized carbons (Fsp3) is 0.333. The molecule has 0 radical (unpaired) electrons. The smallest absolute Gasteiger partial charge is 0.402 e. The van der Waals surface area contributed by atoms with Crippen molar-refractivity contribution >= 4 is 29.3 Å². The van der Waals surface area contributed by atoms with Gasteiger partial charge in [-0.1, -0.05) is 16.7 Å². The van der Waals surface area contributed by atoms with Gasteiger partial charge in [0, 0.05) is 0 Å². The maximum atomic E-state index is 12.2. The first-order valence-corrected chi connectivity index (χ1v) is 7.20.